The lowest BCUT2D eigenvalue weighted by Crippen LogP contribution is -2.11. The monoisotopic (exact) mass is 262 g/mol. The number of nitrogens with zero attached hydrogens (tertiary/aromatic N) is 1. The molecule has 3 rings (SSSR count). The number of rotatable bonds is 2. The molecule has 1 heterocycles. The summed E-state index contributed by atoms with van der Waals surface area (Å²) >= 11 is 0. The number of hydrogen-bond donors (Lipinski definition) is 1. The van der Waals surface area contributed by atoms with Crippen LogP contribution in [0.1, 0.15) is 16.8 Å². The van der Waals surface area contributed by atoms with Crippen LogP contribution in [-0.2, 0) is 0 Å². The summed E-state index contributed by atoms with van der Waals surface area (Å²) in [5.41, 5.74) is 4.05. The molecule has 1 aromatic heterocycles. The first-order chi connectivity index (χ1) is 9.72. The van der Waals surface area contributed by atoms with Gasteiger partial charge in [0.2, 0.25) is 0 Å². The van der Waals surface area contributed by atoms with Crippen molar-refractivity contribution in [2.24, 2.45) is 0 Å². The number of para-hydroxylation sites is 2. The third kappa shape index (κ3) is 2.52. The molecule has 0 atom stereocenters. The van der Waals surface area contributed by atoms with Crippen molar-refractivity contribution in [2.45, 2.75) is 6.92 Å². The van der Waals surface area contributed by atoms with E-state index in [0.717, 1.165) is 16.6 Å². The van der Waals surface area contributed by atoms with Crippen molar-refractivity contribution < 1.29 is 0 Å². The Morgan fingerprint density at radius 2 is 1.75 bits per heavy atom. The van der Waals surface area contributed by atoms with Gasteiger partial charge in [-0.2, -0.15) is 0 Å². The molecular weight excluding hydrogens is 248 g/mol. The average molecular weight is 262 g/mol. The lowest BCUT2D eigenvalue weighted by molar-refractivity contribution is 1.19. The molecule has 0 aliphatic rings. The van der Waals surface area contributed by atoms with E-state index in [1.165, 1.54) is 5.56 Å². The Balaban J connectivity index is 2.00. The predicted octanol–water partition coefficient (Wildman–Crippen LogP) is 3.40. The highest BCUT2D eigenvalue weighted by Gasteiger charge is 2.00. The van der Waals surface area contributed by atoms with Crippen LogP contribution >= 0.6 is 0 Å². The second kappa shape index (κ2) is 5.13. The fourth-order valence-electron chi connectivity index (χ4n) is 2.01. The van der Waals surface area contributed by atoms with Crippen LogP contribution in [0.25, 0.3) is 23.2 Å². The van der Waals surface area contributed by atoms with Crippen molar-refractivity contribution in [2.75, 3.05) is 0 Å². The van der Waals surface area contributed by atoms with Gasteiger partial charge in [-0.1, -0.05) is 48.0 Å². The minimum absolute atomic E-state index is 0.174. The van der Waals surface area contributed by atoms with Gasteiger partial charge in [0.1, 0.15) is 5.69 Å². The van der Waals surface area contributed by atoms with Gasteiger partial charge >= 0.3 is 0 Å². The average Bonchev–Trinajstić information content (AvgIpc) is 2.47. The number of hydrogen-bond acceptors (Lipinski definition) is 2. The maximum absolute atomic E-state index is 11.9. The minimum Gasteiger partial charge on any atom is -0.319 e. The van der Waals surface area contributed by atoms with E-state index in [-0.39, 0.29) is 5.56 Å². The molecule has 0 fully saturated rings. The standard InChI is InChI=1S/C17H14N2O/c1-12-6-8-13(9-7-12)10-11-16-17(20)19-15-5-3-2-4-14(15)18-16/h2-11H,1H3,(H,19,20)/b11-10+. The molecule has 1 N–H and O–H groups in total. The first-order valence-electron chi connectivity index (χ1n) is 6.46. The summed E-state index contributed by atoms with van der Waals surface area (Å²) in [6.07, 6.45) is 3.64. The fraction of sp³-hybridized carbons (Fsp3) is 0.0588. The molecular formula is C17H14N2O. The van der Waals surface area contributed by atoms with Gasteiger partial charge in [-0.25, -0.2) is 4.98 Å². The van der Waals surface area contributed by atoms with Crippen molar-refractivity contribution in [3.05, 3.63) is 75.7 Å². The first kappa shape index (κ1) is 12.4. The van der Waals surface area contributed by atoms with Crippen molar-refractivity contribution in [1.82, 2.24) is 9.97 Å². The summed E-state index contributed by atoms with van der Waals surface area (Å²) in [5, 5.41) is 0. The molecule has 3 aromatic rings. The van der Waals surface area contributed by atoms with Crippen LogP contribution < -0.4 is 5.56 Å². The van der Waals surface area contributed by atoms with Crippen LogP contribution in [-0.4, -0.2) is 9.97 Å². The van der Waals surface area contributed by atoms with Crippen LogP contribution in [0.4, 0.5) is 0 Å². The third-order valence-electron chi connectivity index (χ3n) is 3.14. The smallest absolute Gasteiger partial charge is 0.274 e. The van der Waals surface area contributed by atoms with Gasteiger partial charge in [0, 0.05) is 0 Å². The Morgan fingerprint density at radius 1 is 1.00 bits per heavy atom. The normalized spacial score (nSPS) is 11.2. The summed E-state index contributed by atoms with van der Waals surface area (Å²) in [4.78, 5) is 19.2. The van der Waals surface area contributed by atoms with Gasteiger partial charge < -0.3 is 4.98 Å². The zero-order valence-electron chi connectivity index (χ0n) is 11.1. The Labute approximate surface area is 116 Å². The first-order valence-corrected chi connectivity index (χ1v) is 6.46. The van der Waals surface area contributed by atoms with Crippen LogP contribution in [0.15, 0.2) is 53.3 Å². The molecule has 0 radical (unpaired) electrons. The van der Waals surface area contributed by atoms with E-state index in [9.17, 15) is 4.79 Å². The topological polar surface area (TPSA) is 45.8 Å². The SMILES string of the molecule is Cc1ccc(/C=C/c2nc3ccccc3[nH]c2=O)cc1. The number of H-pyrrole nitrogens is 1. The predicted molar refractivity (Wildman–Crippen MR) is 82.5 cm³/mol. The van der Waals surface area contributed by atoms with Crippen LogP contribution in [0.2, 0.25) is 0 Å². The van der Waals surface area contributed by atoms with Crippen LogP contribution in [0.3, 0.4) is 0 Å². The van der Waals surface area contributed by atoms with E-state index in [2.05, 4.69) is 9.97 Å². The maximum atomic E-state index is 11.9. The highest BCUT2D eigenvalue weighted by molar-refractivity contribution is 5.76. The molecule has 0 spiro atoms. The lowest BCUT2D eigenvalue weighted by Gasteiger charge is -1.98. The van der Waals surface area contributed by atoms with E-state index in [1.54, 1.807) is 6.08 Å². The number of aromatic nitrogens is 2. The van der Waals surface area contributed by atoms with Gasteiger partial charge in [0.05, 0.1) is 11.0 Å². The maximum Gasteiger partial charge on any atom is 0.274 e. The molecule has 0 aliphatic carbocycles. The molecule has 98 valence electrons. The molecule has 0 unspecified atom stereocenters. The summed E-state index contributed by atoms with van der Waals surface area (Å²) in [6, 6.07) is 15.6. The summed E-state index contributed by atoms with van der Waals surface area (Å²) in [6.45, 7) is 2.04. The number of benzene rings is 2. The van der Waals surface area contributed by atoms with Gasteiger partial charge in [0.15, 0.2) is 0 Å². The van der Waals surface area contributed by atoms with E-state index < -0.39 is 0 Å². The largest absolute Gasteiger partial charge is 0.319 e. The van der Waals surface area contributed by atoms with Crippen molar-refractivity contribution in [1.29, 1.82) is 0 Å². The van der Waals surface area contributed by atoms with Gasteiger partial charge in [-0.15, -0.1) is 0 Å². The number of aromatic amines is 1. The molecule has 0 saturated carbocycles. The Hall–Kier alpha value is -2.68. The second-order valence-corrected chi connectivity index (χ2v) is 4.71. The van der Waals surface area contributed by atoms with E-state index in [1.807, 2.05) is 61.5 Å². The molecule has 0 amide bonds. The molecule has 20 heavy (non-hydrogen) atoms. The zero-order chi connectivity index (χ0) is 13.9. The highest BCUT2D eigenvalue weighted by atomic mass is 16.1. The number of nitrogens with one attached hydrogen (secondary N) is 1. The van der Waals surface area contributed by atoms with Gasteiger partial charge in [-0.3, -0.25) is 4.79 Å². The minimum atomic E-state index is -0.174. The fourth-order valence-corrected chi connectivity index (χ4v) is 2.01. The summed E-state index contributed by atoms with van der Waals surface area (Å²) in [5.74, 6) is 0. The molecule has 2 aromatic carbocycles. The van der Waals surface area contributed by atoms with E-state index >= 15 is 0 Å². The van der Waals surface area contributed by atoms with E-state index in [4.69, 9.17) is 0 Å². The summed E-state index contributed by atoms with van der Waals surface area (Å²) in [7, 11) is 0. The quantitative estimate of drug-likeness (QED) is 0.769. The summed E-state index contributed by atoms with van der Waals surface area (Å²) < 4.78 is 0. The number of aryl methyl sites for hydroxylation is 1. The third-order valence-corrected chi connectivity index (χ3v) is 3.14. The van der Waals surface area contributed by atoms with Crippen LogP contribution in [0, 0.1) is 6.92 Å². The number of fused-ring (bicyclic) bond motifs is 1. The van der Waals surface area contributed by atoms with Crippen molar-refractivity contribution in [3.63, 3.8) is 0 Å². The Kier molecular flexibility index (Phi) is 3.17. The molecule has 0 bridgehead atoms. The molecule has 3 nitrogen and oxygen atoms in total. The lowest BCUT2D eigenvalue weighted by atomic mass is 10.1. The van der Waals surface area contributed by atoms with Gasteiger partial charge in [0.25, 0.3) is 5.56 Å². The van der Waals surface area contributed by atoms with Crippen molar-refractivity contribution in [3.8, 4) is 0 Å². The Morgan fingerprint density at radius 3 is 2.55 bits per heavy atom. The zero-order valence-corrected chi connectivity index (χ0v) is 11.1. The molecule has 0 saturated heterocycles. The van der Waals surface area contributed by atoms with Crippen molar-refractivity contribution >= 4 is 23.2 Å². The molecule has 0 aliphatic heterocycles. The highest BCUT2D eigenvalue weighted by Crippen LogP contribution is 2.09. The second-order valence-electron chi connectivity index (χ2n) is 4.71. The Bertz CT molecular complexity index is 829. The molecule has 3 heteroatoms. The van der Waals surface area contributed by atoms with Gasteiger partial charge in [-0.05, 0) is 30.7 Å². The van der Waals surface area contributed by atoms with Crippen LogP contribution in [0.5, 0.6) is 0 Å². The van der Waals surface area contributed by atoms with E-state index in [0.29, 0.717) is 5.69 Å².